The molecule has 1 aliphatic carbocycles. The van der Waals surface area contributed by atoms with E-state index in [9.17, 15) is 9.59 Å². The normalized spacial score (nSPS) is 15.5. The number of rotatable bonds is 10. The van der Waals surface area contributed by atoms with Crippen LogP contribution in [0, 0.1) is 6.92 Å². The fourth-order valence-electron chi connectivity index (χ4n) is 5.45. The molecule has 1 saturated carbocycles. The number of carbonyl (C=O) groups excluding carboxylic acids is 2. The van der Waals surface area contributed by atoms with E-state index in [0.29, 0.717) is 39.0 Å². The molecule has 1 aliphatic heterocycles. The Balaban J connectivity index is 1.39. The molecule has 1 atom stereocenters. The molecule has 0 radical (unpaired) electrons. The number of nitrogens with zero attached hydrogens (tertiary/aromatic N) is 1. The molecular weight excluding hydrogens is 488 g/mol. The summed E-state index contributed by atoms with van der Waals surface area (Å²) in [4.78, 5) is 29.5. The third-order valence-corrected chi connectivity index (χ3v) is 7.68. The average Bonchev–Trinajstić information content (AvgIpc) is 3.48. The van der Waals surface area contributed by atoms with Gasteiger partial charge in [0.15, 0.2) is 11.5 Å². The first kappa shape index (κ1) is 26.8. The highest BCUT2D eigenvalue weighted by Gasteiger charge is 2.32. The monoisotopic (exact) mass is 526 g/mol. The van der Waals surface area contributed by atoms with E-state index in [1.165, 1.54) is 0 Å². The van der Waals surface area contributed by atoms with Crippen molar-refractivity contribution in [3.63, 3.8) is 0 Å². The number of carbonyl (C=O) groups is 2. The lowest BCUT2D eigenvalue weighted by molar-refractivity contribution is -0.141. The summed E-state index contributed by atoms with van der Waals surface area (Å²) in [6.07, 6.45) is 5.60. The van der Waals surface area contributed by atoms with Gasteiger partial charge in [0.05, 0.1) is 0 Å². The van der Waals surface area contributed by atoms with Gasteiger partial charge in [-0.1, -0.05) is 79.1 Å². The zero-order chi connectivity index (χ0) is 27.0. The van der Waals surface area contributed by atoms with Crippen molar-refractivity contribution in [3.8, 4) is 11.5 Å². The summed E-state index contributed by atoms with van der Waals surface area (Å²) in [7, 11) is 0. The summed E-state index contributed by atoms with van der Waals surface area (Å²) in [6.45, 7) is 3.50. The first-order valence-electron chi connectivity index (χ1n) is 14.1. The van der Waals surface area contributed by atoms with Gasteiger partial charge in [0.25, 0.3) is 0 Å². The summed E-state index contributed by atoms with van der Waals surface area (Å²) >= 11 is 0. The van der Waals surface area contributed by atoms with E-state index in [0.717, 1.165) is 59.4 Å². The second kappa shape index (κ2) is 12.8. The van der Waals surface area contributed by atoms with Gasteiger partial charge in [-0.2, -0.15) is 0 Å². The van der Waals surface area contributed by atoms with Crippen LogP contribution in [-0.4, -0.2) is 42.0 Å². The predicted octanol–water partition coefficient (Wildman–Crippen LogP) is 5.40. The van der Waals surface area contributed by atoms with E-state index in [4.69, 9.17) is 9.47 Å². The van der Waals surface area contributed by atoms with Gasteiger partial charge in [0.2, 0.25) is 11.8 Å². The molecule has 6 heteroatoms. The number of aryl methyl sites for hydroxylation is 2. The molecule has 0 saturated heterocycles. The van der Waals surface area contributed by atoms with Crippen molar-refractivity contribution in [2.24, 2.45) is 0 Å². The van der Waals surface area contributed by atoms with E-state index in [2.05, 4.69) is 17.4 Å². The number of nitrogens with one attached hydrogen (secondary N) is 1. The van der Waals surface area contributed by atoms with Crippen molar-refractivity contribution in [3.05, 3.63) is 95.1 Å². The zero-order valence-corrected chi connectivity index (χ0v) is 22.7. The van der Waals surface area contributed by atoms with Gasteiger partial charge in [-0.15, -0.1) is 0 Å². The van der Waals surface area contributed by atoms with Crippen molar-refractivity contribution in [1.82, 2.24) is 10.2 Å². The topological polar surface area (TPSA) is 67.9 Å². The van der Waals surface area contributed by atoms with Gasteiger partial charge in [0.1, 0.15) is 19.3 Å². The molecule has 0 spiro atoms. The van der Waals surface area contributed by atoms with Crippen molar-refractivity contribution >= 4 is 11.8 Å². The Kier molecular flexibility index (Phi) is 8.82. The van der Waals surface area contributed by atoms with Crippen LogP contribution in [0.2, 0.25) is 0 Å². The van der Waals surface area contributed by atoms with Crippen LogP contribution in [0.15, 0.2) is 72.8 Å². The zero-order valence-electron chi connectivity index (χ0n) is 22.7. The molecule has 5 rings (SSSR count). The molecule has 0 bridgehead atoms. The Labute approximate surface area is 231 Å². The Morgan fingerprint density at radius 2 is 1.56 bits per heavy atom. The minimum atomic E-state index is -0.595. The molecule has 1 unspecified atom stereocenters. The quantitative estimate of drug-likeness (QED) is 0.384. The van der Waals surface area contributed by atoms with Crippen LogP contribution in [0.4, 0.5) is 0 Å². The Bertz CT molecular complexity index is 1250. The van der Waals surface area contributed by atoms with E-state index >= 15 is 0 Å². The maximum atomic E-state index is 13.9. The number of ether oxygens (including phenoxy) is 2. The van der Waals surface area contributed by atoms with Crippen LogP contribution in [0.3, 0.4) is 0 Å². The lowest BCUT2D eigenvalue weighted by Gasteiger charge is -2.32. The minimum Gasteiger partial charge on any atom is -0.486 e. The standard InChI is InChI=1S/C33H38N2O4/c1-24-11-13-27(14-12-24)23-35(32(36)18-16-26-15-17-30-31(22-26)39-20-19-38-30)29(21-25-7-3-2-4-8-25)33(37)34-28-9-5-6-10-28/h2-4,7-8,11-15,17,22,28-29H,5-6,9-10,16,18-21,23H2,1H3,(H,34,37). The van der Waals surface area contributed by atoms with Crippen molar-refractivity contribution in [1.29, 1.82) is 0 Å². The lowest BCUT2D eigenvalue weighted by Crippen LogP contribution is -2.52. The number of hydrogen-bond donors (Lipinski definition) is 1. The van der Waals surface area contributed by atoms with Crippen LogP contribution < -0.4 is 14.8 Å². The summed E-state index contributed by atoms with van der Waals surface area (Å²) < 4.78 is 11.4. The Morgan fingerprint density at radius 1 is 0.872 bits per heavy atom. The second-order valence-electron chi connectivity index (χ2n) is 10.7. The maximum absolute atomic E-state index is 13.9. The highest BCUT2D eigenvalue weighted by atomic mass is 16.6. The van der Waals surface area contributed by atoms with Crippen LogP contribution >= 0.6 is 0 Å². The summed E-state index contributed by atoms with van der Waals surface area (Å²) in [5, 5.41) is 3.27. The van der Waals surface area contributed by atoms with E-state index in [1.807, 2.05) is 67.6 Å². The average molecular weight is 527 g/mol. The van der Waals surface area contributed by atoms with Gasteiger partial charge >= 0.3 is 0 Å². The van der Waals surface area contributed by atoms with E-state index < -0.39 is 6.04 Å². The molecule has 1 N–H and O–H groups in total. The summed E-state index contributed by atoms with van der Waals surface area (Å²) in [5.41, 5.74) is 4.23. The molecule has 2 amide bonds. The van der Waals surface area contributed by atoms with Crippen molar-refractivity contribution in [2.45, 2.75) is 70.5 Å². The van der Waals surface area contributed by atoms with E-state index in [-0.39, 0.29) is 17.9 Å². The lowest BCUT2D eigenvalue weighted by atomic mass is 10.0. The Morgan fingerprint density at radius 3 is 2.31 bits per heavy atom. The predicted molar refractivity (Wildman–Crippen MR) is 152 cm³/mol. The summed E-state index contributed by atoms with van der Waals surface area (Å²) in [6, 6.07) is 23.6. The molecule has 204 valence electrons. The van der Waals surface area contributed by atoms with Gasteiger partial charge in [-0.25, -0.2) is 0 Å². The number of amides is 2. The first-order valence-corrected chi connectivity index (χ1v) is 14.1. The van der Waals surface area contributed by atoms with Crippen LogP contribution in [-0.2, 0) is 29.0 Å². The van der Waals surface area contributed by atoms with Crippen LogP contribution in [0.5, 0.6) is 11.5 Å². The Hall–Kier alpha value is -3.80. The molecule has 1 heterocycles. The molecule has 2 aliphatic rings. The van der Waals surface area contributed by atoms with Gasteiger partial charge < -0.3 is 19.7 Å². The largest absolute Gasteiger partial charge is 0.486 e. The van der Waals surface area contributed by atoms with E-state index in [1.54, 1.807) is 4.90 Å². The summed E-state index contributed by atoms with van der Waals surface area (Å²) in [5.74, 6) is 1.36. The molecule has 3 aromatic rings. The van der Waals surface area contributed by atoms with Crippen molar-refractivity contribution in [2.75, 3.05) is 13.2 Å². The van der Waals surface area contributed by atoms with Gasteiger partial charge in [0, 0.05) is 25.4 Å². The number of benzene rings is 3. The fraction of sp³-hybridized carbons (Fsp3) is 0.394. The smallest absolute Gasteiger partial charge is 0.243 e. The molecule has 0 aromatic heterocycles. The molecule has 39 heavy (non-hydrogen) atoms. The third kappa shape index (κ3) is 7.20. The van der Waals surface area contributed by atoms with Crippen LogP contribution in [0.1, 0.15) is 54.4 Å². The van der Waals surface area contributed by atoms with Crippen LogP contribution in [0.25, 0.3) is 0 Å². The molecule has 3 aromatic carbocycles. The third-order valence-electron chi connectivity index (χ3n) is 7.68. The number of hydrogen-bond acceptors (Lipinski definition) is 4. The van der Waals surface area contributed by atoms with Gasteiger partial charge in [-0.3, -0.25) is 9.59 Å². The fourth-order valence-corrected chi connectivity index (χ4v) is 5.45. The SMILES string of the molecule is Cc1ccc(CN(C(=O)CCc2ccc3c(c2)OCCO3)C(Cc2ccccc2)C(=O)NC2CCCC2)cc1. The second-order valence-corrected chi connectivity index (χ2v) is 10.7. The molecule has 6 nitrogen and oxygen atoms in total. The highest BCUT2D eigenvalue weighted by Crippen LogP contribution is 2.31. The minimum absolute atomic E-state index is 0.0343. The first-order chi connectivity index (χ1) is 19.0. The molecule has 1 fully saturated rings. The van der Waals surface area contributed by atoms with Crippen molar-refractivity contribution < 1.29 is 19.1 Å². The highest BCUT2D eigenvalue weighted by molar-refractivity contribution is 5.88. The molecular formula is C33H38N2O4. The number of fused-ring (bicyclic) bond motifs is 1. The van der Waals surface area contributed by atoms with Gasteiger partial charge in [-0.05, 0) is 55.0 Å². The maximum Gasteiger partial charge on any atom is 0.243 e.